The summed E-state index contributed by atoms with van der Waals surface area (Å²) < 4.78 is 0. The van der Waals surface area contributed by atoms with Gasteiger partial charge in [-0.1, -0.05) is 188 Å². The quantitative estimate of drug-likeness (QED) is 0.171. The van der Waals surface area contributed by atoms with E-state index in [-0.39, 0.29) is 0 Å². The van der Waals surface area contributed by atoms with Crippen LogP contribution in [0.4, 0.5) is 0 Å². The van der Waals surface area contributed by atoms with E-state index in [0.717, 1.165) is 38.6 Å². The van der Waals surface area contributed by atoms with Crippen molar-refractivity contribution in [2.24, 2.45) is 0 Å². The van der Waals surface area contributed by atoms with Crippen LogP contribution in [0.1, 0.15) is 0 Å². The molecule has 46 heavy (non-hydrogen) atoms. The second kappa shape index (κ2) is 13.0. The molecule has 0 aromatic heterocycles. The van der Waals surface area contributed by atoms with E-state index in [9.17, 15) is 10.0 Å². The van der Waals surface area contributed by atoms with Gasteiger partial charge in [0.1, 0.15) is 0 Å². The maximum absolute atomic E-state index is 10.4. The summed E-state index contributed by atoms with van der Waals surface area (Å²) in [5.41, 5.74) is 7.38. The van der Waals surface area contributed by atoms with Crippen LogP contribution in [-0.4, -0.2) is 25.2 Å². The number of benzene rings is 7. The van der Waals surface area contributed by atoms with Crippen molar-refractivity contribution in [1.82, 2.24) is 0 Å². The molecule has 7 aromatic rings. The average Bonchev–Trinajstić information content (AvgIpc) is 3.14. The van der Waals surface area contributed by atoms with Gasteiger partial charge in [-0.3, -0.25) is 0 Å². The lowest BCUT2D eigenvalue weighted by Crippen LogP contribution is -2.75. The van der Waals surface area contributed by atoms with Gasteiger partial charge in [-0.05, 0) is 59.6 Å². The first-order chi connectivity index (χ1) is 22.6. The fourth-order valence-corrected chi connectivity index (χ4v) is 11.5. The Balaban J connectivity index is 1.59. The molecule has 0 amide bonds. The van der Waals surface area contributed by atoms with E-state index in [0.29, 0.717) is 5.46 Å². The largest absolute Gasteiger partial charge is 0.488 e. The van der Waals surface area contributed by atoms with Crippen LogP contribution in [0.2, 0.25) is 0 Å². The molecule has 0 aliphatic carbocycles. The zero-order valence-electron chi connectivity index (χ0n) is 25.4. The zero-order valence-corrected chi connectivity index (χ0v) is 26.4. The Hall–Kier alpha value is -5.26. The summed E-state index contributed by atoms with van der Waals surface area (Å²) in [6, 6.07) is 66.2. The lowest BCUT2D eigenvalue weighted by molar-refractivity contribution is 0.426. The highest BCUT2D eigenvalue weighted by Gasteiger charge is 2.42. The molecule has 0 heterocycles. The minimum absolute atomic E-state index is 0.479. The van der Waals surface area contributed by atoms with Crippen LogP contribution in [0.5, 0.6) is 0 Å². The molecule has 7 aromatic carbocycles. The van der Waals surface area contributed by atoms with Crippen molar-refractivity contribution < 1.29 is 10.0 Å². The van der Waals surface area contributed by atoms with Crippen LogP contribution < -0.4 is 26.2 Å². The summed E-state index contributed by atoms with van der Waals surface area (Å²) in [5, 5.41) is 25.5. The van der Waals surface area contributed by atoms with Gasteiger partial charge in [-0.25, -0.2) is 0 Å². The van der Waals surface area contributed by atoms with E-state index in [1.54, 1.807) is 6.07 Å². The average molecular weight is 609 g/mol. The minimum Gasteiger partial charge on any atom is -0.423 e. The van der Waals surface area contributed by atoms with Gasteiger partial charge >= 0.3 is 7.12 Å². The molecule has 7 rings (SSSR count). The second-order valence-corrected chi connectivity index (χ2v) is 15.4. The summed E-state index contributed by atoms with van der Waals surface area (Å²) in [7, 11) is -4.67. The van der Waals surface area contributed by atoms with Gasteiger partial charge in [-0.15, -0.1) is 0 Å². The normalized spacial score (nSPS) is 11.3. The molecule has 0 aliphatic heterocycles. The Morgan fingerprint density at radius 3 is 0.957 bits per heavy atom. The van der Waals surface area contributed by atoms with Crippen LogP contribution in [-0.2, 0) is 0 Å². The third-order valence-electron chi connectivity index (χ3n) is 8.83. The summed E-state index contributed by atoms with van der Waals surface area (Å²) in [4.78, 5) is 0. The van der Waals surface area contributed by atoms with Crippen LogP contribution in [0, 0.1) is 0 Å². The van der Waals surface area contributed by atoms with Gasteiger partial charge in [0, 0.05) is 0 Å². The molecule has 220 valence electrons. The predicted octanol–water partition coefficient (Wildman–Crippen LogP) is 5.74. The van der Waals surface area contributed by atoms with E-state index < -0.39 is 15.2 Å². The Morgan fingerprint density at radius 1 is 0.304 bits per heavy atom. The predicted molar refractivity (Wildman–Crippen MR) is 196 cm³/mol. The van der Waals surface area contributed by atoms with E-state index in [1.807, 2.05) is 30.3 Å². The molecule has 0 spiro atoms. The number of rotatable bonds is 8. The summed E-state index contributed by atoms with van der Waals surface area (Å²) in [6.45, 7) is 0. The van der Waals surface area contributed by atoms with Crippen LogP contribution in [0.25, 0.3) is 33.4 Å². The van der Waals surface area contributed by atoms with Crippen molar-refractivity contribution in [2.45, 2.75) is 0 Å². The van der Waals surface area contributed by atoms with E-state index in [1.165, 1.54) is 15.6 Å². The van der Waals surface area contributed by atoms with Gasteiger partial charge < -0.3 is 10.0 Å². The van der Waals surface area contributed by atoms with E-state index in [2.05, 4.69) is 152 Å². The van der Waals surface area contributed by atoms with Crippen molar-refractivity contribution in [1.29, 1.82) is 0 Å². The fraction of sp³-hybridized carbons (Fsp3) is 0. The van der Waals surface area contributed by atoms with E-state index in [4.69, 9.17) is 0 Å². The summed E-state index contributed by atoms with van der Waals surface area (Å²) >= 11 is 0. The third kappa shape index (κ3) is 5.66. The first kappa shape index (κ1) is 29.5. The van der Waals surface area contributed by atoms with Crippen LogP contribution >= 0.6 is 0 Å². The fourth-order valence-electron chi connectivity index (χ4n) is 6.62. The molecule has 0 aliphatic rings. The highest BCUT2D eigenvalue weighted by atomic mass is 28.3. The smallest absolute Gasteiger partial charge is 0.423 e. The maximum atomic E-state index is 10.4. The number of hydrogen-bond donors (Lipinski definition) is 2. The molecule has 0 atom stereocenters. The van der Waals surface area contributed by atoms with Crippen molar-refractivity contribution in [3.8, 4) is 33.4 Å². The first-order valence-electron chi connectivity index (χ1n) is 15.6. The topological polar surface area (TPSA) is 40.5 Å². The van der Waals surface area contributed by atoms with Crippen molar-refractivity contribution >= 4 is 41.4 Å². The zero-order chi connectivity index (χ0) is 31.3. The third-order valence-corrected chi connectivity index (χ3v) is 13.5. The lowest BCUT2D eigenvalue weighted by atomic mass is 9.80. The van der Waals surface area contributed by atoms with Gasteiger partial charge in [0.05, 0.1) is 0 Å². The summed E-state index contributed by atoms with van der Waals surface area (Å²) in [5.74, 6) is 0. The SMILES string of the molecule is OB(O)c1cccc([Si](c2cccc(-c3ccccc3)c2)(c2cccc(-c3ccccc3)c2)c2cccc(-c3ccccc3)c2)c1. The Kier molecular flexibility index (Phi) is 8.32. The molecule has 4 heteroatoms. The second-order valence-electron chi connectivity index (χ2n) is 11.6. The lowest BCUT2D eigenvalue weighted by Gasteiger charge is -2.35. The van der Waals surface area contributed by atoms with Gasteiger partial charge in [-0.2, -0.15) is 0 Å². The Bertz CT molecular complexity index is 1880. The highest BCUT2D eigenvalue weighted by molar-refractivity contribution is 7.20. The van der Waals surface area contributed by atoms with Crippen LogP contribution in [0.3, 0.4) is 0 Å². The molecule has 2 nitrogen and oxygen atoms in total. The molecule has 0 bridgehead atoms. The maximum Gasteiger partial charge on any atom is 0.488 e. The highest BCUT2D eigenvalue weighted by Crippen LogP contribution is 2.24. The molecule has 2 N–H and O–H groups in total. The number of hydrogen-bond acceptors (Lipinski definition) is 2. The van der Waals surface area contributed by atoms with E-state index >= 15 is 0 Å². The Labute approximate surface area is 272 Å². The molecule has 0 unspecified atom stereocenters. The minimum atomic E-state index is -3.09. The van der Waals surface area contributed by atoms with Crippen molar-refractivity contribution in [3.63, 3.8) is 0 Å². The van der Waals surface area contributed by atoms with Gasteiger partial charge in [0.25, 0.3) is 0 Å². The standard InChI is InChI=1S/C42H33BO2Si/c44-43(45)38-23-13-27-42(31-38)46(39-24-10-20-35(28-39)32-14-4-1-5-15-32,40-25-11-21-36(29-40)33-16-6-2-7-17-33)41-26-12-22-37(30-41)34-18-8-3-9-19-34/h1-31,44-45H. The molecule has 0 radical (unpaired) electrons. The van der Waals surface area contributed by atoms with Gasteiger partial charge in [0.15, 0.2) is 8.07 Å². The molecule has 0 saturated heterocycles. The van der Waals surface area contributed by atoms with Crippen molar-refractivity contribution in [2.75, 3.05) is 0 Å². The molecule has 0 saturated carbocycles. The Morgan fingerprint density at radius 2 is 0.609 bits per heavy atom. The molecular formula is C42H33BO2Si. The van der Waals surface area contributed by atoms with Gasteiger partial charge in [0.2, 0.25) is 0 Å². The van der Waals surface area contributed by atoms with Crippen molar-refractivity contribution in [3.05, 3.63) is 188 Å². The summed E-state index contributed by atoms with van der Waals surface area (Å²) in [6.07, 6.45) is 0. The molecule has 0 fully saturated rings. The first-order valence-corrected chi connectivity index (χ1v) is 17.6. The monoisotopic (exact) mass is 608 g/mol. The molecular weight excluding hydrogens is 575 g/mol. The van der Waals surface area contributed by atoms with Crippen LogP contribution in [0.15, 0.2) is 188 Å².